The molecule has 70 valence electrons. The molecule has 0 saturated carbocycles. The zero-order valence-corrected chi connectivity index (χ0v) is 9.38. The molecule has 0 radical (unpaired) electrons. The smallest absolute Gasteiger partial charge is 0.0997 e. The maximum absolute atomic E-state index is 8.52. The van der Waals surface area contributed by atoms with Crippen LogP contribution in [0.15, 0.2) is 33.9 Å². The first-order valence-corrected chi connectivity index (χ1v) is 4.96. The second-order valence-electron chi connectivity index (χ2n) is 2.66. The molecular weight excluding hydrogens is 253 g/mol. The fourth-order valence-electron chi connectivity index (χ4n) is 0.924. The number of rotatable bonds is 2. The van der Waals surface area contributed by atoms with Crippen molar-refractivity contribution in [3.05, 3.63) is 34.3 Å². The van der Waals surface area contributed by atoms with Crippen molar-refractivity contribution in [1.29, 1.82) is 0 Å². The van der Waals surface area contributed by atoms with E-state index >= 15 is 0 Å². The van der Waals surface area contributed by atoms with Gasteiger partial charge in [-0.25, -0.2) is 0 Å². The summed E-state index contributed by atoms with van der Waals surface area (Å²) in [5, 5.41) is 11.2. The summed E-state index contributed by atoms with van der Waals surface area (Å²) in [5.74, 6) is 0. The maximum atomic E-state index is 8.52. The molecule has 0 amide bonds. The van der Waals surface area contributed by atoms with E-state index in [2.05, 4.69) is 21.1 Å². The Morgan fingerprint density at radius 2 is 2.00 bits per heavy atom. The van der Waals surface area contributed by atoms with Crippen LogP contribution in [0.2, 0.25) is 0 Å². The van der Waals surface area contributed by atoms with Crippen molar-refractivity contribution in [2.24, 2.45) is 5.16 Å². The van der Waals surface area contributed by atoms with Crippen molar-refractivity contribution in [2.75, 3.05) is 0 Å². The first kappa shape index (κ1) is 10.5. The van der Waals surface area contributed by atoms with E-state index in [0.29, 0.717) is 5.71 Å². The number of halogens is 2. The van der Waals surface area contributed by atoms with Gasteiger partial charge in [-0.3, -0.25) is 0 Å². The van der Waals surface area contributed by atoms with E-state index < -0.39 is 0 Å². The van der Waals surface area contributed by atoms with Gasteiger partial charge in [-0.2, -0.15) is 0 Å². The molecule has 1 aromatic carbocycles. The van der Waals surface area contributed by atoms with Gasteiger partial charge in [0.1, 0.15) is 0 Å². The van der Waals surface area contributed by atoms with E-state index in [1.807, 2.05) is 24.3 Å². The van der Waals surface area contributed by atoms with Crippen molar-refractivity contribution in [1.82, 2.24) is 0 Å². The Morgan fingerprint density at radius 3 is 2.46 bits per heavy atom. The summed E-state index contributed by atoms with van der Waals surface area (Å²) in [5.41, 5.74) is 1.41. The van der Waals surface area contributed by atoms with Gasteiger partial charge in [0, 0.05) is 4.47 Å². The number of hydrogen-bond donors (Lipinski definition) is 1. The molecule has 1 N–H and O–H groups in total. The maximum Gasteiger partial charge on any atom is 0.0997 e. The fraction of sp³-hybridized carbons (Fsp3) is 0.222. The highest BCUT2D eigenvalue weighted by molar-refractivity contribution is 9.10. The van der Waals surface area contributed by atoms with Gasteiger partial charge in [0.2, 0.25) is 0 Å². The Labute approximate surface area is 90.3 Å². The molecule has 0 spiro atoms. The third-order valence-corrected chi connectivity index (χ3v) is 2.78. The highest BCUT2D eigenvalue weighted by Crippen LogP contribution is 2.23. The quantitative estimate of drug-likeness (QED) is 0.376. The molecule has 0 saturated heterocycles. The Hall–Kier alpha value is -0.540. The number of benzene rings is 1. The molecular formula is C9H9BrClNO. The molecule has 2 nitrogen and oxygen atoms in total. The summed E-state index contributed by atoms with van der Waals surface area (Å²) in [7, 11) is 0. The van der Waals surface area contributed by atoms with Crippen LogP contribution in [-0.4, -0.2) is 10.9 Å². The van der Waals surface area contributed by atoms with E-state index in [-0.39, 0.29) is 5.38 Å². The summed E-state index contributed by atoms with van der Waals surface area (Å²) in [6.07, 6.45) is 0. The number of alkyl halides is 1. The van der Waals surface area contributed by atoms with Crippen LogP contribution in [-0.2, 0) is 0 Å². The first-order chi connectivity index (χ1) is 6.15. The Balaban J connectivity index is 2.89. The molecule has 0 bridgehead atoms. The Kier molecular flexibility index (Phi) is 3.75. The van der Waals surface area contributed by atoms with Crippen LogP contribution in [0.3, 0.4) is 0 Å². The third-order valence-electron chi connectivity index (χ3n) is 1.69. The molecule has 0 aromatic heterocycles. The third kappa shape index (κ3) is 2.71. The molecule has 0 aliphatic rings. The number of nitrogens with zero attached hydrogens (tertiary/aromatic N) is 1. The standard InChI is InChI=1S/C9H9BrClNO/c1-6(12-13)9(11)7-2-4-8(10)5-3-7/h2-5,9,13H,1H3/b12-6+. The lowest BCUT2D eigenvalue weighted by Gasteiger charge is -2.07. The van der Waals surface area contributed by atoms with Crippen LogP contribution < -0.4 is 0 Å². The van der Waals surface area contributed by atoms with Crippen LogP contribution in [0.5, 0.6) is 0 Å². The fourth-order valence-corrected chi connectivity index (χ4v) is 1.38. The van der Waals surface area contributed by atoms with Gasteiger partial charge in [-0.15, -0.1) is 11.6 Å². The minimum Gasteiger partial charge on any atom is -0.411 e. The molecule has 1 atom stereocenters. The number of oxime groups is 1. The monoisotopic (exact) mass is 261 g/mol. The van der Waals surface area contributed by atoms with Crippen molar-refractivity contribution in [2.45, 2.75) is 12.3 Å². The minimum atomic E-state index is -0.363. The Bertz CT molecular complexity index is 310. The highest BCUT2D eigenvalue weighted by atomic mass is 79.9. The lowest BCUT2D eigenvalue weighted by atomic mass is 10.1. The molecule has 0 aliphatic heterocycles. The summed E-state index contributed by atoms with van der Waals surface area (Å²) in [4.78, 5) is 0. The van der Waals surface area contributed by atoms with Gasteiger partial charge >= 0.3 is 0 Å². The molecule has 13 heavy (non-hydrogen) atoms. The van der Waals surface area contributed by atoms with Gasteiger partial charge in [-0.1, -0.05) is 33.2 Å². The topological polar surface area (TPSA) is 32.6 Å². The summed E-state index contributed by atoms with van der Waals surface area (Å²) in [6.45, 7) is 1.68. The largest absolute Gasteiger partial charge is 0.411 e. The minimum absolute atomic E-state index is 0.363. The van der Waals surface area contributed by atoms with E-state index in [9.17, 15) is 0 Å². The summed E-state index contributed by atoms with van der Waals surface area (Å²) >= 11 is 9.33. The lowest BCUT2D eigenvalue weighted by molar-refractivity contribution is 0.317. The summed E-state index contributed by atoms with van der Waals surface area (Å²) < 4.78 is 0.999. The zero-order valence-electron chi connectivity index (χ0n) is 7.04. The molecule has 0 aliphatic carbocycles. The highest BCUT2D eigenvalue weighted by Gasteiger charge is 2.10. The van der Waals surface area contributed by atoms with Crippen molar-refractivity contribution in [3.63, 3.8) is 0 Å². The SMILES string of the molecule is C/C(=N\O)C(Cl)c1ccc(Br)cc1. The molecule has 0 fully saturated rings. The second kappa shape index (κ2) is 4.63. The van der Waals surface area contributed by atoms with Crippen molar-refractivity contribution < 1.29 is 5.21 Å². The normalized spacial score (nSPS) is 14.2. The molecule has 1 aromatic rings. The van der Waals surface area contributed by atoms with Crippen LogP contribution in [0.1, 0.15) is 17.9 Å². The van der Waals surface area contributed by atoms with E-state index in [1.165, 1.54) is 0 Å². The molecule has 4 heteroatoms. The number of hydrogen-bond acceptors (Lipinski definition) is 2. The summed E-state index contributed by atoms with van der Waals surface area (Å²) in [6, 6.07) is 7.57. The first-order valence-electron chi connectivity index (χ1n) is 3.73. The lowest BCUT2D eigenvalue weighted by Crippen LogP contribution is -2.01. The molecule has 1 rings (SSSR count). The van der Waals surface area contributed by atoms with Gasteiger partial charge in [0.25, 0.3) is 0 Å². The predicted molar refractivity (Wildman–Crippen MR) is 57.6 cm³/mol. The van der Waals surface area contributed by atoms with Gasteiger partial charge in [0.15, 0.2) is 0 Å². The zero-order chi connectivity index (χ0) is 9.84. The van der Waals surface area contributed by atoms with Crippen LogP contribution in [0, 0.1) is 0 Å². The van der Waals surface area contributed by atoms with Gasteiger partial charge in [-0.05, 0) is 24.6 Å². The van der Waals surface area contributed by atoms with E-state index in [4.69, 9.17) is 16.8 Å². The van der Waals surface area contributed by atoms with E-state index in [1.54, 1.807) is 6.92 Å². The van der Waals surface area contributed by atoms with Crippen molar-refractivity contribution in [3.8, 4) is 0 Å². The predicted octanol–water partition coefficient (Wildman–Crippen LogP) is 3.58. The second-order valence-corrected chi connectivity index (χ2v) is 4.01. The van der Waals surface area contributed by atoms with Crippen LogP contribution >= 0.6 is 27.5 Å². The van der Waals surface area contributed by atoms with Gasteiger partial charge < -0.3 is 5.21 Å². The average molecular weight is 263 g/mol. The Morgan fingerprint density at radius 1 is 1.46 bits per heavy atom. The van der Waals surface area contributed by atoms with E-state index in [0.717, 1.165) is 10.0 Å². The molecule has 0 heterocycles. The van der Waals surface area contributed by atoms with Gasteiger partial charge in [0.05, 0.1) is 11.1 Å². The average Bonchev–Trinajstić information content (AvgIpc) is 2.17. The molecule has 1 unspecified atom stereocenters. The van der Waals surface area contributed by atoms with Crippen LogP contribution in [0.25, 0.3) is 0 Å². The van der Waals surface area contributed by atoms with Crippen molar-refractivity contribution >= 4 is 33.2 Å². The van der Waals surface area contributed by atoms with Crippen LogP contribution in [0.4, 0.5) is 0 Å².